The maximum absolute atomic E-state index is 14.0. The van der Waals surface area contributed by atoms with E-state index in [4.69, 9.17) is 15.2 Å². The first-order valence-corrected chi connectivity index (χ1v) is 21.2. The van der Waals surface area contributed by atoms with Crippen LogP contribution in [0.4, 0.5) is 27.5 Å². The smallest absolute Gasteiger partial charge is 0.354 e. The maximum Gasteiger partial charge on any atom is 0.354 e. The number of nitro benzene ring substituents is 1. The number of primary amides is 1. The number of nitrogens with zero attached hydrogens (tertiary/aromatic N) is 3. The van der Waals surface area contributed by atoms with Gasteiger partial charge in [-0.2, -0.15) is 8.42 Å². The van der Waals surface area contributed by atoms with E-state index in [1.807, 2.05) is 13.8 Å². The molecule has 0 saturated heterocycles. The van der Waals surface area contributed by atoms with Gasteiger partial charge < -0.3 is 40.4 Å². The minimum absolute atomic E-state index is 0.0111. The molecule has 0 spiro atoms. The van der Waals surface area contributed by atoms with E-state index < -0.39 is 43.8 Å². The number of H-pyrrole nitrogens is 3. The average molecular weight is 877 g/mol. The fourth-order valence-corrected chi connectivity index (χ4v) is 8.85. The van der Waals surface area contributed by atoms with Crippen molar-refractivity contribution < 1.29 is 46.5 Å². The van der Waals surface area contributed by atoms with Crippen LogP contribution in [-0.2, 0) is 34.1 Å². The minimum Gasteiger partial charge on any atom is -0.494 e. The van der Waals surface area contributed by atoms with Crippen LogP contribution in [0.15, 0.2) is 77.7 Å². The van der Waals surface area contributed by atoms with Gasteiger partial charge >= 0.3 is 12.0 Å². The Hall–Kier alpha value is -7.71. The van der Waals surface area contributed by atoms with Crippen molar-refractivity contribution >= 4 is 89.4 Å². The van der Waals surface area contributed by atoms with Crippen LogP contribution in [0, 0.1) is 10.1 Å². The summed E-state index contributed by atoms with van der Waals surface area (Å²) in [6.45, 7) is 4.60. The highest BCUT2D eigenvalue weighted by Gasteiger charge is 2.33. The summed E-state index contributed by atoms with van der Waals surface area (Å²) < 4.78 is 46.9. The first-order chi connectivity index (χ1) is 30.2. The van der Waals surface area contributed by atoms with Gasteiger partial charge in [0.1, 0.15) is 27.7 Å². The molecule has 0 fully saturated rings. The molecule has 4 amide bonds. The Bertz CT molecular complexity index is 3150. The zero-order valence-corrected chi connectivity index (χ0v) is 34.8. The number of nitrogens with one attached hydrogen (secondary N) is 4. The van der Waals surface area contributed by atoms with Crippen molar-refractivity contribution in [2.45, 2.75) is 38.0 Å². The van der Waals surface area contributed by atoms with E-state index in [1.165, 1.54) is 53.3 Å². The van der Waals surface area contributed by atoms with Gasteiger partial charge in [-0.05, 0) is 72.0 Å². The van der Waals surface area contributed by atoms with Crippen LogP contribution in [-0.4, -0.2) is 83.5 Å². The average Bonchev–Trinajstić information content (AvgIpc) is 4.11. The highest BCUT2D eigenvalue weighted by atomic mass is 32.2. The minimum atomic E-state index is -4.87. The summed E-state index contributed by atoms with van der Waals surface area (Å²) in [7, 11) is -3.46. The molecule has 324 valence electrons. The number of aromatic nitrogens is 3. The number of nitro groups is 1. The summed E-state index contributed by atoms with van der Waals surface area (Å²) in [6, 6.07) is 17.9. The molecule has 0 aliphatic carbocycles. The molecule has 7 aromatic rings. The van der Waals surface area contributed by atoms with E-state index >= 15 is 0 Å². The molecule has 0 atom stereocenters. The van der Waals surface area contributed by atoms with Gasteiger partial charge in [0.2, 0.25) is 0 Å². The fourth-order valence-electron chi connectivity index (χ4n) is 8.17. The van der Waals surface area contributed by atoms with Crippen molar-refractivity contribution in [2.24, 2.45) is 5.73 Å². The SMILES string of the molecule is CC.COc1cc(NC(=O)c2cc3c4c(cc(S(=O)(=O)O)c3[nH]2)N(C(=O)c2cc3c5c(ccc3[nH]2)N(C(N)=O)CC5)CC4)cc2cc(C(=O)OCCc3ccc([N+](=O)[O-])cc3)[nH]c12. The van der Waals surface area contributed by atoms with E-state index in [9.17, 15) is 42.3 Å². The van der Waals surface area contributed by atoms with Crippen molar-refractivity contribution in [1.82, 2.24) is 15.0 Å². The Kier molecular flexibility index (Phi) is 10.9. The topological polar surface area (TPSA) is 276 Å². The largest absolute Gasteiger partial charge is 0.494 e. The molecule has 9 rings (SSSR count). The Labute approximate surface area is 358 Å². The molecule has 20 heteroatoms. The van der Waals surface area contributed by atoms with E-state index in [1.54, 1.807) is 36.4 Å². The number of esters is 1. The number of carbonyl (C=O) groups excluding carboxylic acids is 4. The van der Waals surface area contributed by atoms with Crippen molar-refractivity contribution in [2.75, 3.05) is 41.9 Å². The predicted molar refractivity (Wildman–Crippen MR) is 234 cm³/mol. The number of benzene rings is 4. The lowest BCUT2D eigenvalue weighted by Crippen LogP contribution is -2.33. The lowest BCUT2D eigenvalue weighted by atomic mass is 10.1. The fraction of sp³-hybridized carbons (Fsp3) is 0.209. The molecule has 5 heterocycles. The first-order valence-electron chi connectivity index (χ1n) is 19.8. The zero-order chi connectivity index (χ0) is 44.9. The van der Waals surface area contributed by atoms with Crippen molar-refractivity contribution in [3.05, 3.63) is 117 Å². The van der Waals surface area contributed by atoms with E-state index in [2.05, 4.69) is 20.3 Å². The lowest BCUT2D eigenvalue weighted by molar-refractivity contribution is -0.384. The predicted octanol–water partition coefficient (Wildman–Crippen LogP) is 6.62. The maximum atomic E-state index is 14.0. The summed E-state index contributed by atoms with van der Waals surface area (Å²) >= 11 is 0. The number of amides is 4. The summed E-state index contributed by atoms with van der Waals surface area (Å²) in [5.41, 5.74) is 10.3. The number of hydrogen-bond acceptors (Lipinski definition) is 10. The third-order valence-corrected chi connectivity index (χ3v) is 11.9. The number of ether oxygens (including phenoxy) is 2. The second-order valence-corrected chi connectivity index (χ2v) is 16.0. The summed E-state index contributed by atoms with van der Waals surface area (Å²) in [4.78, 5) is 74.4. The molecule has 63 heavy (non-hydrogen) atoms. The number of carbonyl (C=O) groups is 4. The van der Waals surface area contributed by atoms with Crippen molar-refractivity contribution in [3.8, 4) is 5.75 Å². The van der Waals surface area contributed by atoms with E-state index in [-0.39, 0.29) is 58.6 Å². The molecule has 0 saturated carbocycles. The van der Waals surface area contributed by atoms with Crippen LogP contribution in [0.3, 0.4) is 0 Å². The summed E-state index contributed by atoms with van der Waals surface area (Å²) in [5.74, 6) is -1.48. The molecule has 3 aromatic heterocycles. The van der Waals surface area contributed by atoms with Crippen LogP contribution >= 0.6 is 0 Å². The number of rotatable bonds is 10. The molecular weight excluding hydrogens is 837 g/mol. The normalized spacial score (nSPS) is 13.1. The number of methoxy groups -OCH3 is 1. The lowest BCUT2D eigenvalue weighted by Gasteiger charge is -2.17. The first kappa shape index (κ1) is 42.0. The third-order valence-electron chi connectivity index (χ3n) is 11.0. The molecule has 19 nitrogen and oxygen atoms in total. The second kappa shape index (κ2) is 16.3. The number of nitrogens with two attached hydrogens (primary N) is 1. The number of urea groups is 1. The molecular formula is C43H40N8O11S. The van der Waals surface area contributed by atoms with Gasteiger partial charge in [0.15, 0.2) is 0 Å². The number of hydrogen-bond donors (Lipinski definition) is 6. The molecule has 0 bridgehead atoms. The summed E-state index contributed by atoms with van der Waals surface area (Å²) in [6.07, 6.45) is 1.19. The molecule has 2 aliphatic rings. The highest BCUT2D eigenvalue weighted by molar-refractivity contribution is 7.86. The summed E-state index contributed by atoms with van der Waals surface area (Å²) in [5, 5.41) is 15.3. The van der Waals surface area contributed by atoms with Gasteiger partial charge in [0.25, 0.3) is 27.6 Å². The second-order valence-electron chi connectivity index (χ2n) is 14.6. The van der Waals surface area contributed by atoms with E-state index in [0.29, 0.717) is 58.9 Å². The molecule has 7 N–H and O–H groups in total. The van der Waals surface area contributed by atoms with E-state index in [0.717, 1.165) is 16.5 Å². The zero-order valence-electron chi connectivity index (χ0n) is 34.0. The van der Waals surface area contributed by atoms with Crippen molar-refractivity contribution in [1.29, 1.82) is 0 Å². The number of fused-ring (bicyclic) bond motifs is 7. The molecule has 2 aliphatic heterocycles. The van der Waals surface area contributed by atoms with Crippen LogP contribution in [0.1, 0.15) is 62.0 Å². The van der Waals surface area contributed by atoms with Gasteiger partial charge in [-0.3, -0.25) is 29.2 Å². The standard InChI is InChI=1S/C41H34N8O11S.C2H6/c1-59-34-16-22(14-21-15-31(46-36(21)34)40(52)60-13-10-20-2-4-23(5-3-20)49(54)55)43-38(50)29-18-27-25-8-11-47(33(25)19-35(37(27)45-29)61(56,57)58)39(51)30-17-26-24-9-12-48(41(42)53)32(24)7-6-28(26)44-30;1-2/h2-7,14-19,44-46H,8-13H2,1H3,(H2,42,53)(H,43,50)(H,56,57,58);1-2H3. The van der Waals surface area contributed by atoms with Crippen LogP contribution < -0.4 is 25.6 Å². The number of aromatic amines is 3. The Balaban J connectivity index is 0.00000268. The number of non-ortho nitro benzene ring substituents is 1. The van der Waals surface area contributed by atoms with Crippen LogP contribution in [0.2, 0.25) is 0 Å². The highest BCUT2D eigenvalue weighted by Crippen LogP contribution is 2.41. The molecule has 0 radical (unpaired) electrons. The quantitative estimate of drug-likeness (QED) is 0.0368. The molecule has 4 aromatic carbocycles. The van der Waals surface area contributed by atoms with Gasteiger partial charge in [-0.15, -0.1) is 0 Å². The Morgan fingerprint density at radius 2 is 1.52 bits per heavy atom. The van der Waals surface area contributed by atoms with Gasteiger partial charge in [0, 0.05) is 76.4 Å². The van der Waals surface area contributed by atoms with Crippen molar-refractivity contribution in [3.63, 3.8) is 0 Å². The monoisotopic (exact) mass is 876 g/mol. The van der Waals surface area contributed by atoms with Gasteiger partial charge in [0.05, 0.1) is 29.7 Å². The Morgan fingerprint density at radius 3 is 2.21 bits per heavy atom. The molecule has 0 unspecified atom stereocenters. The van der Waals surface area contributed by atoms with Crippen LogP contribution in [0.5, 0.6) is 5.75 Å². The van der Waals surface area contributed by atoms with Gasteiger partial charge in [-0.1, -0.05) is 26.0 Å². The third kappa shape index (κ3) is 7.65. The van der Waals surface area contributed by atoms with Gasteiger partial charge in [-0.25, -0.2) is 9.59 Å². The Morgan fingerprint density at radius 1 is 0.841 bits per heavy atom. The van der Waals surface area contributed by atoms with Crippen LogP contribution in [0.25, 0.3) is 32.7 Å². The number of anilines is 3.